The van der Waals surface area contributed by atoms with Crippen LogP contribution in [0.1, 0.15) is 128 Å². The van der Waals surface area contributed by atoms with Crippen molar-refractivity contribution in [2.45, 2.75) is 152 Å². The van der Waals surface area contributed by atoms with E-state index in [1.54, 1.807) is 29.2 Å². The van der Waals surface area contributed by atoms with Gasteiger partial charge in [0.2, 0.25) is 29.7 Å². The maximum Gasteiger partial charge on any atom is 0.225 e. The van der Waals surface area contributed by atoms with Crippen LogP contribution >= 0.6 is 0 Å². The molecule has 4 aromatic heterocycles. The number of hydrogen-bond donors (Lipinski definition) is 6. The summed E-state index contributed by atoms with van der Waals surface area (Å²) in [6.45, 7) is 7.43. The van der Waals surface area contributed by atoms with Crippen LogP contribution in [0.15, 0.2) is 30.6 Å². The fourth-order valence-electron chi connectivity index (χ4n) is 12.5. The molecule has 1 amide bonds. The van der Waals surface area contributed by atoms with E-state index in [1.165, 1.54) is 13.1 Å². The number of nitrogens with one attached hydrogen (secondary N) is 4. The summed E-state index contributed by atoms with van der Waals surface area (Å²) in [6.07, 6.45) is 12.1. The van der Waals surface area contributed by atoms with Gasteiger partial charge in [-0.2, -0.15) is 9.97 Å². The number of rotatable bonds is 15. The number of likely N-dealkylation sites (tertiary alicyclic amines) is 1. The Kier molecular flexibility index (Phi) is 14.5. The smallest absolute Gasteiger partial charge is 0.225 e. The Morgan fingerprint density at radius 3 is 1.77 bits per heavy atom. The van der Waals surface area contributed by atoms with Gasteiger partial charge in [0.15, 0.2) is 34.6 Å². The third-order valence-electron chi connectivity index (χ3n) is 17.0. The molecule has 0 bridgehead atoms. The maximum atomic E-state index is 16.7. The quantitative estimate of drug-likeness (QED) is 0.0530. The van der Waals surface area contributed by atoms with Crippen molar-refractivity contribution in [3.63, 3.8) is 0 Å². The molecule has 0 radical (unpaired) electrons. The van der Waals surface area contributed by atoms with Gasteiger partial charge in [-0.05, 0) is 122 Å². The topological polar surface area (TPSA) is 205 Å². The van der Waals surface area contributed by atoms with Crippen molar-refractivity contribution >= 4 is 63.4 Å². The van der Waals surface area contributed by atoms with E-state index in [1.807, 2.05) is 4.90 Å². The number of ether oxygens (including phenoxy) is 1. The summed E-state index contributed by atoms with van der Waals surface area (Å²) in [7, 11) is 0. The Morgan fingerprint density at radius 1 is 0.662 bits per heavy atom. The molecule has 17 nitrogen and oxygen atoms in total. The molecule has 3 saturated carbocycles. The number of imidazole rings is 2. The molecule has 2 aromatic carbocycles. The van der Waals surface area contributed by atoms with Gasteiger partial charge in [-0.25, -0.2) is 46.3 Å². The van der Waals surface area contributed by atoms with Gasteiger partial charge in [0.1, 0.15) is 34.0 Å². The minimum Gasteiger partial charge on any atom is -0.390 e. The van der Waals surface area contributed by atoms with E-state index in [0.717, 1.165) is 51.6 Å². The molecule has 4 unspecified atom stereocenters. The SMILES string of the molecule is CC(C)(O)C1CCC(n2c(Nc3c(F)cc(F)cc3F)nc3cnc(NC4CCC(C(C)(O)Cc5c(F)cc(F)c(Nc6nc7cnc(NC8CCC(C(=O)N9CCCC9)CC8)nc7n6C6CCOC6)c5F)CC4)nc32)C1. The van der Waals surface area contributed by atoms with Crippen LogP contribution in [0.25, 0.3) is 22.3 Å². The fraction of sp³-hybridized carbons (Fsp3) is 0.574. The summed E-state index contributed by atoms with van der Waals surface area (Å²) in [5, 5.41) is 35.2. The molecule has 5 aliphatic rings. The number of amides is 1. The van der Waals surface area contributed by atoms with Crippen LogP contribution in [0.4, 0.5) is 61.5 Å². The van der Waals surface area contributed by atoms with Gasteiger partial charge < -0.3 is 41.1 Å². The minimum atomic E-state index is -1.62. The highest BCUT2D eigenvalue weighted by molar-refractivity contribution is 5.80. The number of halogens is 6. The van der Waals surface area contributed by atoms with Crippen molar-refractivity contribution in [1.29, 1.82) is 0 Å². The predicted octanol–water partition coefficient (Wildman–Crippen LogP) is 9.92. The van der Waals surface area contributed by atoms with Crippen LogP contribution in [0.3, 0.4) is 0 Å². The number of anilines is 6. The van der Waals surface area contributed by atoms with Crippen LogP contribution in [0, 0.1) is 52.7 Å². The van der Waals surface area contributed by atoms with E-state index in [2.05, 4.69) is 41.2 Å². The molecule has 23 heteroatoms. The molecule has 5 fully saturated rings. The number of nitrogens with zero attached hydrogens (tertiary/aromatic N) is 9. The van der Waals surface area contributed by atoms with Gasteiger partial charge in [0, 0.05) is 73.9 Å². The second kappa shape index (κ2) is 21.1. The van der Waals surface area contributed by atoms with Gasteiger partial charge in [-0.3, -0.25) is 13.9 Å². The first-order chi connectivity index (χ1) is 36.9. The van der Waals surface area contributed by atoms with Crippen molar-refractivity contribution in [2.24, 2.45) is 17.8 Å². The lowest BCUT2D eigenvalue weighted by atomic mass is 9.73. The molecular weight excluding hydrogens is 1010 g/mol. The lowest BCUT2D eigenvalue weighted by molar-refractivity contribution is -0.135. The summed E-state index contributed by atoms with van der Waals surface area (Å²) < 4.78 is 101. The van der Waals surface area contributed by atoms with Crippen molar-refractivity contribution in [1.82, 2.24) is 43.9 Å². The second-order valence-corrected chi connectivity index (χ2v) is 22.7. The van der Waals surface area contributed by atoms with Crippen molar-refractivity contribution in [2.75, 3.05) is 47.6 Å². The van der Waals surface area contributed by atoms with Gasteiger partial charge in [0.05, 0.1) is 36.2 Å². The molecule has 77 heavy (non-hydrogen) atoms. The molecule has 2 aliphatic heterocycles. The number of aromatic nitrogens is 8. The predicted molar refractivity (Wildman–Crippen MR) is 276 cm³/mol. The maximum absolute atomic E-state index is 16.7. The van der Waals surface area contributed by atoms with E-state index in [-0.39, 0.29) is 59.8 Å². The van der Waals surface area contributed by atoms with Crippen LogP contribution in [0.5, 0.6) is 0 Å². The first-order valence-corrected chi connectivity index (χ1v) is 27.1. The second-order valence-electron chi connectivity index (χ2n) is 22.7. The summed E-state index contributed by atoms with van der Waals surface area (Å²) >= 11 is 0. The van der Waals surface area contributed by atoms with Crippen molar-refractivity contribution in [3.8, 4) is 0 Å². The van der Waals surface area contributed by atoms with Crippen LogP contribution < -0.4 is 21.3 Å². The fourth-order valence-corrected chi connectivity index (χ4v) is 12.5. The Balaban J connectivity index is 0.771. The van der Waals surface area contributed by atoms with E-state index < -0.39 is 75.4 Å². The van der Waals surface area contributed by atoms with E-state index in [0.29, 0.717) is 111 Å². The number of hydrogen-bond acceptors (Lipinski definition) is 14. The molecule has 6 heterocycles. The summed E-state index contributed by atoms with van der Waals surface area (Å²) in [4.78, 5) is 42.9. The van der Waals surface area contributed by atoms with E-state index >= 15 is 13.2 Å². The molecule has 2 saturated heterocycles. The molecule has 4 atom stereocenters. The highest BCUT2D eigenvalue weighted by Crippen LogP contribution is 2.44. The Labute approximate surface area is 441 Å². The number of aliphatic hydroxyl groups is 2. The third-order valence-corrected chi connectivity index (χ3v) is 17.0. The van der Waals surface area contributed by atoms with Crippen LogP contribution in [-0.2, 0) is 16.0 Å². The van der Waals surface area contributed by atoms with Gasteiger partial charge >= 0.3 is 0 Å². The lowest BCUT2D eigenvalue weighted by Gasteiger charge is -2.38. The van der Waals surface area contributed by atoms with Gasteiger partial charge in [0.25, 0.3) is 0 Å². The van der Waals surface area contributed by atoms with Gasteiger partial charge in [-0.1, -0.05) is 0 Å². The van der Waals surface area contributed by atoms with Crippen LogP contribution in [0.2, 0.25) is 0 Å². The molecule has 11 rings (SSSR count). The molecule has 6 aromatic rings. The average molecular weight is 1070 g/mol. The Hall–Kier alpha value is -6.33. The first-order valence-electron chi connectivity index (χ1n) is 27.1. The number of fused-ring (bicyclic) bond motifs is 2. The summed E-state index contributed by atoms with van der Waals surface area (Å²) in [5.74, 6) is -6.34. The average Bonchev–Trinajstić information content (AvgIpc) is 4.27. The summed E-state index contributed by atoms with van der Waals surface area (Å²) in [5.41, 5.74) is -2.80. The standard InChI is InChI=1S/C54H65F6N13O4/c1-53(2,75)30-10-15-34(20-30)72-46-41(65-51(72)67-44-38(57)21-31(55)22-39(44)58)25-61-50(69-46)64-33-13-8-29(9-14-33)54(3,76)24-36-37(56)23-40(59)45(43(36)60)68-52-66-42-26-62-49(70-47(42)73(52)35-16-19-77-27-35)63-32-11-6-28(7-12-32)48(74)71-17-4-5-18-71/h21-23,25-26,28-30,32-35,75-76H,4-20,24,27H2,1-3H3,(H,65,67)(H,66,68)(H,61,64,69)(H,62,63,70). The number of carbonyl (C=O) groups is 1. The molecule has 412 valence electrons. The number of carbonyl (C=O) groups excluding carboxylic acids is 1. The monoisotopic (exact) mass is 1070 g/mol. The van der Waals surface area contributed by atoms with Gasteiger partial charge in [-0.15, -0.1) is 0 Å². The van der Waals surface area contributed by atoms with Crippen molar-refractivity contribution in [3.05, 3.63) is 71.1 Å². The zero-order chi connectivity index (χ0) is 53.9. The van der Waals surface area contributed by atoms with E-state index in [9.17, 15) is 28.2 Å². The first kappa shape index (κ1) is 52.7. The molecule has 0 spiro atoms. The minimum absolute atomic E-state index is 0.0144. The Bertz CT molecular complexity index is 3130. The Morgan fingerprint density at radius 2 is 1.21 bits per heavy atom. The lowest BCUT2D eigenvalue weighted by Crippen LogP contribution is -2.41. The summed E-state index contributed by atoms with van der Waals surface area (Å²) in [6, 6.07) is 1.08. The highest BCUT2D eigenvalue weighted by atomic mass is 19.2. The third kappa shape index (κ3) is 10.8. The van der Waals surface area contributed by atoms with Crippen LogP contribution in [-0.4, -0.2) is 110 Å². The zero-order valence-electron chi connectivity index (χ0n) is 43.4. The molecular formula is C54H65F6N13O4. The molecule has 6 N–H and O–H groups in total. The largest absolute Gasteiger partial charge is 0.390 e. The normalized spacial score (nSPS) is 24.9. The van der Waals surface area contributed by atoms with Crippen molar-refractivity contribution < 1.29 is 46.1 Å². The number of benzene rings is 2. The molecule has 3 aliphatic carbocycles. The highest BCUT2D eigenvalue weighted by Gasteiger charge is 2.40. The van der Waals surface area contributed by atoms with E-state index in [4.69, 9.17) is 14.7 Å². The zero-order valence-corrected chi connectivity index (χ0v) is 43.4.